The molecule has 4 rings (SSSR count). The summed E-state index contributed by atoms with van der Waals surface area (Å²) in [6.07, 6.45) is 1.83. The molecule has 2 saturated heterocycles. The zero-order chi connectivity index (χ0) is 21.5. The highest BCUT2D eigenvalue weighted by Gasteiger charge is 2.36. The number of nitrogens with zero attached hydrogens (tertiary/aromatic N) is 2. The number of amides is 2. The highest BCUT2D eigenvalue weighted by Crippen LogP contribution is 2.34. The van der Waals surface area contributed by atoms with Gasteiger partial charge in [0.2, 0.25) is 11.8 Å². The molecular formula is C20H22ClN3O4S2. The lowest BCUT2D eigenvalue weighted by atomic mass is 10.1. The number of rotatable bonds is 5. The summed E-state index contributed by atoms with van der Waals surface area (Å²) >= 11 is 7.17. The third-order valence-corrected chi connectivity index (χ3v) is 9.06. The second-order valence-corrected chi connectivity index (χ2v) is 11.4. The van der Waals surface area contributed by atoms with E-state index in [4.69, 9.17) is 11.6 Å². The number of nitrogens with one attached hydrogen (secondary N) is 1. The lowest BCUT2D eigenvalue weighted by Crippen LogP contribution is -2.28. The summed E-state index contributed by atoms with van der Waals surface area (Å²) in [5.41, 5.74) is 1.14. The van der Waals surface area contributed by atoms with Crippen LogP contribution in [-0.4, -0.2) is 44.2 Å². The largest absolute Gasteiger partial charge is 0.325 e. The van der Waals surface area contributed by atoms with Crippen LogP contribution >= 0.6 is 22.9 Å². The Bertz CT molecular complexity index is 1090. The van der Waals surface area contributed by atoms with Gasteiger partial charge >= 0.3 is 0 Å². The zero-order valence-corrected chi connectivity index (χ0v) is 18.8. The van der Waals surface area contributed by atoms with E-state index in [0.717, 1.165) is 29.1 Å². The Morgan fingerprint density at radius 3 is 2.67 bits per heavy atom. The molecule has 1 N–H and O–H groups in total. The Labute approximate surface area is 184 Å². The van der Waals surface area contributed by atoms with E-state index in [1.807, 2.05) is 0 Å². The Morgan fingerprint density at radius 2 is 1.97 bits per heavy atom. The van der Waals surface area contributed by atoms with Gasteiger partial charge in [-0.25, -0.2) is 8.42 Å². The highest BCUT2D eigenvalue weighted by atomic mass is 35.5. The summed E-state index contributed by atoms with van der Waals surface area (Å²) in [7, 11) is -3.53. The van der Waals surface area contributed by atoms with E-state index in [0.29, 0.717) is 29.5 Å². The Hall–Kier alpha value is -1.94. The molecule has 160 valence electrons. The van der Waals surface area contributed by atoms with Crippen LogP contribution in [0.4, 0.5) is 11.4 Å². The van der Waals surface area contributed by atoms with Crippen LogP contribution in [0.3, 0.4) is 0 Å². The maximum Gasteiger partial charge on any atom is 0.252 e. The van der Waals surface area contributed by atoms with Crippen LogP contribution in [0.1, 0.15) is 24.1 Å². The summed E-state index contributed by atoms with van der Waals surface area (Å²) in [5, 5.41) is 3.34. The van der Waals surface area contributed by atoms with Crippen molar-refractivity contribution in [2.24, 2.45) is 5.92 Å². The lowest BCUT2D eigenvalue weighted by molar-refractivity contribution is -0.122. The molecule has 0 spiro atoms. The molecule has 1 aromatic carbocycles. The number of halogens is 1. The van der Waals surface area contributed by atoms with E-state index in [9.17, 15) is 18.0 Å². The lowest BCUT2D eigenvalue weighted by Gasteiger charge is -2.17. The molecule has 0 bridgehead atoms. The fourth-order valence-corrected chi connectivity index (χ4v) is 7.03. The van der Waals surface area contributed by atoms with Crippen LogP contribution in [0, 0.1) is 12.8 Å². The molecule has 2 fully saturated rings. The summed E-state index contributed by atoms with van der Waals surface area (Å²) in [6, 6.07) is 8.48. The van der Waals surface area contributed by atoms with E-state index < -0.39 is 15.9 Å². The van der Waals surface area contributed by atoms with Crippen LogP contribution in [-0.2, 0) is 19.6 Å². The Morgan fingerprint density at radius 1 is 1.23 bits per heavy atom. The first kappa shape index (κ1) is 21.3. The molecule has 0 radical (unpaired) electrons. The van der Waals surface area contributed by atoms with E-state index in [1.54, 1.807) is 36.1 Å². The first-order valence-electron chi connectivity index (χ1n) is 9.73. The van der Waals surface area contributed by atoms with Gasteiger partial charge in [-0.15, -0.1) is 11.3 Å². The number of thiophene rings is 1. The van der Waals surface area contributed by atoms with Crippen molar-refractivity contribution in [3.05, 3.63) is 40.2 Å². The Kier molecular flexibility index (Phi) is 5.89. The smallest absolute Gasteiger partial charge is 0.252 e. The van der Waals surface area contributed by atoms with Crippen LogP contribution < -0.4 is 10.2 Å². The number of hydrogen-bond donors (Lipinski definition) is 1. The van der Waals surface area contributed by atoms with Crippen LogP contribution in [0.25, 0.3) is 0 Å². The van der Waals surface area contributed by atoms with Gasteiger partial charge in [-0.05, 0) is 44.0 Å². The standard InChI is InChI=1S/C20H22ClN3O4S2/c1-13-17(11-19(29-13)30(27,28)23-7-2-3-8-23)22-20(26)14-9-18(25)24(12-14)16-6-4-5-15(21)10-16/h4-6,10-11,14H,2-3,7-9,12H2,1H3,(H,22,26)/t14-/m1/s1. The normalized spacial score (nSPS) is 20.1. The molecule has 2 aliphatic heterocycles. The summed E-state index contributed by atoms with van der Waals surface area (Å²) in [4.78, 5) is 27.5. The molecule has 2 aromatic rings. The summed E-state index contributed by atoms with van der Waals surface area (Å²) in [5.74, 6) is -0.954. The van der Waals surface area contributed by atoms with Crippen molar-refractivity contribution < 1.29 is 18.0 Å². The maximum atomic E-state index is 12.8. The molecule has 30 heavy (non-hydrogen) atoms. The summed E-state index contributed by atoms with van der Waals surface area (Å²) < 4.78 is 27.3. The predicted octanol–water partition coefficient (Wildman–Crippen LogP) is 3.49. The number of aryl methyl sites for hydroxylation is 1. The van der Waals surface area contributed by atoms with E-state index in [2.05, 4.69) is 5.32 Å². The molecule has 0 saturated carbocycles. The minimum atomic E-state index is -3.53. The molecule has 7 nitrogen and oxygen atoms in total. The molecule has 2 aliphatic rings. The second kappa shape index (κ2) is 8.30. The van der Waals surface area contributed by atoms with Gasteiger partial charge in [-0.1, -0.05) is 17.7 Å². The molecule has 1 aromatic heterocycles. The van der Waals surface area contributed by atoms with Crippen LogP contribution in [0.15, 0.2) is 34.5 Å². The second-order valence-electron chi connectivity index (χ2n) is 7.52. The van der Waals surface area contributed by atoms with Gasteiger partial charge in [0, 0.05) is 41.6 Å². The first-order valence-corrected chi connectivity index (χ1v) is 12.4. The SMILES string of the molecule is Cc1sc(S(=O)(=O)N2CCCC2)cc1NC(=O)[C@@H]1CC(=O)N(c2cccc(Cl)c2)C1. The molecule has 1 atom stereocenters. The van der Waals surface area contributed by atoms with Crippen molar-refractivity contribution in [2.45, 2.75) is 30.4 Å². The van der Waals surface area contributed by atoms with Gasteiger partial charge in [0.25, 0.3) is 10.0 Å². The summed E-state index contributed by atoms with van der Waals surface area (Å²) in [6.45, 7) is 3.10. The average Bonchev–Trinajstić information content (AvgIpc) is 3.43. The van der Waals surface area contributed by atoms with Crippen molar-refractivity contribution in [1.82, 2.24) is 4.31 Å². The zero-order valence-electron chi connectivity index (χ0n) is 16.4. The van der Waals surface area contributed by atoms with Gasteiger partial charge < -0.3 is 10.2 Å². The topological polar surface area (TPSA) is 86.8 Å². The molecule has 3 heterocycles. The van der Waals surface area contributed by atoms with Gasteiger partial charge in [-0.2, -0.15) is 4.31 Å². The minimum Gasteiger partial charge on any atom is -0.325 e. The van der Waals surface area contributed by atoms with E-state index >= 15 is 0 Å². The van der Waals surface area contributed by atoms with Crippen molar-refractivity contribution in [1.29, 1.82) is 0 Å². The quantitative estimate of drug-likeness (QED) is 0.729. The fourth-order valence-electron chi connectivity index (χ4n) is 3.77. The van der Waals surface area contributed by atoms with E-state index in [-0.39, 0.29) is 29.0 Å². The Balaban J connectivity index is 1.47. The van der Waals surface area contributed by atoms with Crippen molar-refractivity contribution in [3.8, 4) is 0 Å². The monoisotopic (exact) mass is 467 g/mol. The van der Waals surface area contributed by atoms with Gasteiger partial charge in [0.1, 0.15) is 4.21 Å². The van der Waals surface area contributed by atoms with Crippen molar-refractivity contribution >= 4 is 56.2 Å². The molecular weight excluding hydrogens is 446 g/mol. The molecule has 0 aliphatic carbocycles. The number of benzene rings is 1. The number of anilines is 2. The third kappa shape index (κ3) is 4.12. The van der Waals surface area contributed by atoms with Crippen molar-refractivity contribution in [2.75, 3.05) is 29.9 Å². The number of hydrogen-bond acceptors (Lipinski definition) is 5. The number of carbonyl (C=O) groups is 2. The highest BCUT2D eigenvalue weighted by molar-refractivity contribution is 7.91. The van der Waals surface area contributed by atoms with Gasteiger partial charge in [-0.3, -0.25) is 9.59 Å². The first-order chi connectivity index (χ1) is 14.3. The fraction of sp³-hybridized carbons (Fsp3) is 0.400. The van der Waals surface area contributed by atoms with Crippen molar-refractivity contribution in [3.63, 3.8) is 0 Å². The molecule has 0 unspecified atom stereocenters. The van der Waals surface area contributed by atoms with E-state index in [1.165, 1.54) is 10.4 Å². The third-order valence-electron chi connectivity index (χ3n) is 5.43. The molecule has 10 heteroatoms. The average molecular weight is 468 g/mol. The van der Waals surface area contributed by atoms with Gasteiger partial charge in [0.05, 0.1) is 11.6 Å². The molecule has 2 amide bonds. The maximum absolute atomic E-state index is 12.8. The predicted molar refractivity (Wildman–Crippen MR) is 118 cm³/mol. The van der Waals surface area contributed by atoms with Crippen LogP contribution in [0.2, 0.25) is 5.02 Å². The van der Waals surface area contributed by atoms with Gasteiger partial charge in [0.15, 0.2) is 0 Å². The number of sulfonamides is 1. The van der Waals surface area contributed by atoms with Crippen LogP contribution in [0.5, 0.6) is 0 Å². The minimum absolute atomic E-state index is 0.0977. The number of carbonyl (C=O) groups excluding carboxylic acids is 2.